The van der Waals surface area contributed by atoms with Gasteiger partial charge in [0, 0.05) is 12.8 Å². The van der Waals surface area contributed by atoms with E-state index in [0.29, 0.717) is 34.0 Å². The second-order valence-electron chi connectivity index (χ2n) is 7.99. The number of fused-ring (bicyclic) bond motifs is 5. The maximum atomic E-state index is 13.1. The summed E-state index contributed by atoms with van der Waals surface area (Å²) >= 11 is 2.74. The van der Waals surface area contributed by atoms with E-state index >= 15 is 0 Å². The van der Waals surface area contributed by atoms with Gasteiger partial charge in [-0.25, -0.2) is 4.79 Å². The number of carbonyl (C=O) groups excluding carboxylic acids is 1. The number of quaternary nitrogens is 1. The highest BCUT2D eigenvalue weighted by Gasteiger charge is 2.71. The number of rotatable bonds is 4. The number of esters is 1. The number of morpholine rings is 1. The van der Waals surface area contributed by atoms with Crippen LogP contribution in [0.25, 0.3) is 0 Å². The van der Waals surface area contributed by atoms with Crippen molar-refractivity contribution in [2.24, 2.45) is 0 Å². The van der Waals surface area contributed by atoms with Crippen molar-refractivity contribution >= 4 is 28.6 Å². The number of likely N-dealkylation sites (N-methyl/N-ethyl adjacent to an activating group) is 1. The van der Waals surface area contributed by atoms with Crippen LogP contribution in [0.3, 0.4) is 0 Å². The summed E-state index contributed by atoms with van der Waals surface area (Å²) < 4.78 is 12.6. The zero-order chi connectivity index (χ0) is 18.1. The van der Waals surface area contributed by atoms with Crippen LogP contribution >= 0.6 is 22.7 Å². The van der Waals surface area contributed by atoms with E-state index in [-0.39, 0.29) is 13.5 Å². The SMILES string of the molecule is C[N+]1(C)C2CC(OC(=O)C(O)(c3cccs3)c3cccs3)C[C@H]1[C@H]1OC21.[CH3-]. The molecule has 0 amide bonds. The maximum absolute atomic E-state index is 13.1. The van der Waals surface area contributed by atoms with Crippen LogP contribution in [0, 0.1) is 7.43 Å². The van der Waals surface area contributed by atoms with Crippen molar-refractivity contribution in [3.8, 4) is 0 Å². The van der Waals surface area contributed by atoms with Gasteiger partial charge in [0.25, 0.3) is 0 Å². The monoisotopic (exact) mass is 407 g/mol. The van der Waals surface area contributed by atoms with Crippen molar-refractivity contribution in [3.63, 3.8) is 0 Å². The minimum Gasteiger partial charge on any atom is -0.459 e. The summed E-state index contributed by atoms with van der Waals surface area (Å²) in [5.41, 5.74) is -1.72. The first kappa shape index (κ1) is 19.1. The number of carbonyl (C=O) groups is 1. The Hall–Kier alpha value is -1.25. The highest BCUT2D eigenvalue weighted by atomic mass is 32.1. The Labute approximate surface area is 167 Å². The largest absolute Gasteiger partial charge is 0.459 e. The molecular formula is C20H25NO4S2. The predicted molar refractivity (Wildman–Crippen MR) is 106 cm³/mol. The number of hydrogen-bond donors (Lipinski definition) is 1. The minimum atomic E-state index is -1.72. The molecule has 3 unspecified atom stereocenters. The minimum absolute atomic E-state index is 0. The van der Waals surface area contributed by atoms with Crippen molar-refractivity contribution < 1.29 is 23.9 Å². The first-order valence-electron chi connectivity index (χ1n) is 8.92. The molecule has 0 radical (unpaired) electrons. The lowest BCUT2D eigenvalue weighted by Gasteiger charge is -2.45. The van der Waals surface area contributed by atoms with E-state index in [1.54, 1.807) is 12.1 Å². The standard InChI is InChI=1S/C19H22NO4S2.CH3/c1-20(2)12-9-11(10-13(20)17-16(12)24-17)23-18(21)19(22,14-5-3-7-25-14)15-6-4-8-26-15;/h3-8,11-13,16-17,22H,9-10H2,1-2H3;1H3/q+1;-1/t11?,12-,13?,16+,17?;/m0./s1. The summed E-state index contributed by atoms with van der Waals surface area (Å²) in [6.07, 6.45) is 2.05. The molecule has 27 heavy (non-hydrogen) atoms. The fraction of sp³-hybridized carbons (Fsp3) is 0.500. The summed E-state index contributed by atoms with van der Waals surface area (Å²) in [5.74, 6) is -0.561. The molecule has 5 atom stereocenters. The molecule has 3 aliphatic rings. The molecule has 2 aromatic heterocycles. The van der Waals surface area contributed by atoms with Gasteiger partial charge >= 0.3 is 5.97 Å². The molecule has 2 aromatic rings. The molecule has 0 spiro atoms. The number of hydrogen-bond acceptors (Lipinski definition) is 6. The molecule has 3 saturated heterocycles. The Balaban J connectivity index is 0.00000180. The molecule has 5 nitrogen and oxygen atoms in total. The lowest BCUT2D eigenvalue weighted by atomic mass is 9.95. The molecule has 0 aliphatic carbocycles. The highest BCUT2D eigenvalue weighted by molar-refractivity contribution is 7.12. The van der Waals surface area contributed by atoms with Crippen LogP contribution in [-0.2, 0) is 19.9 Å². The fourth-order valence-electron chi connectivity index (χ4n) is 4.83. The molecule has 0 aromatic carbocycles. The molecule has 5 rings (SSSR count). The Morgan fingerprint density at radius 1 is 1.15 bits per heavy atom. The first-order valence-corrected chi connectivity index (χ1v) is 10.7. The van der Waals surface area contributed by atoms with Crippen molar-refractivity contribution in [1.82, 2.24) is 0 Å². The van der Waals surface area contributed by atoms with Gasteiger partial charge in [-0.1, -0.05) is 12.1 Å². The average Bonchev–Trinajstić information content (AvgIpc) is 2.98. The van der Waals surface area contributed by atoms with Gasteiger partial charge in [0.05, 0.1) is 23.8 Å². The van der Waals surface area contributed by atoms with E-state index < -0.39 is 11.6 Å². The van der Waals surface area contributed by atoms with Gasteiger partial charge in [0.15, 0.2) is 0 Å². The van der Waals surface area contributed by atoms with E-state index in [2.05, 4.69) is 14.1 Å². The van der Waals surface area contributed by atoms with Crippen LogP contribution in [-0.4, -0.2) is 60.0 Å². The number of thiophene rings is 2. The smallest absolute Gasteiger partial charge is 0.349 e. The van der Waals surface area contributed by atoms with Gasteiger partial charge in [0.2, 0.25) is 5.60 Å². The van der Waals surface area contributed by atoms with Gasteiger partial charge in [-0.3, -0.25) is 0 Å². The number of piperidine rings is 1. The van der Waals surface area contributed by atoms with Gasteiger partial charge in [-0.2, -0.15) is 0 Å². The second-order valence-corrected chi connectivity index (χ2v) is 9.89. The lowest BCUT2D eigenvalue weighted by molar-refractivity contribution is -0.938. The highest BCUT2D eigenvalue weighted by Crippen LogP contribution is 2.52. The molecule has 2 bridgehead atoms. The zero-order valence-corrected chi connectivity index (χ0v) is 17.3. The summed E-state index contributed by atoms with van der Waals surface area (Å²) in [6, 6.07) is 8.01. The lowest BCUT2D eigenvalue weighted by Crippen LogP contribution is -2.60. The zero-order valence-electron chi connectivity index (χ0n) is 15.7. The summed E-state index contributed by atoms with van der Waals surface area (Å²) in [5, 5.41) is 15.1. The second kappa shape index (κ2) is 6.39. The van der Waals surface area contributed by atoms with Crippen molar-refractivity contribution in [2.75, 3.05) is 14.1 Å². The number of nitrogens with zero attached hydrogens (tertiary/aromatic N) is 1. The van der Waals surface area contributed by atoms with Crippen LogP contribution < -0.4 is 0 Å². The van der Waals surface area contributed by atoms with Crippen LogP contribution in [0.2, 0.25) is 0 Å². The van der Waals surface area contributed by atoms with Crippen molar-refractivity contribution in [2.45, 2.75) is 48.8 Å². The molecule has 146 valence electrons. The third-order valence-corrected chi connectivity index (χ3v) is 8.32. The van der Waals surface area contributed by atoms with Crippen LogP contribution in [0.4, 0.5) is 0 Å². The number of epoxide rings is 1. The van der Waals surface area contributed by atoms with Gasteiger partial charge in [0.1, 0.15) is 30.4 Å². The fourth-order valence-corrected chi connectivity index (χ4v) is 6.54. The Bertz CT molecular complexity index is 763. The normalized spacial score (nSPS) is 33.1. The van der Waals surface area contributed by atoms with Gasteiger partial charge in [-0.05, 0) is 22.9 Å². The van der Waals surface area contributed by atoms with E-state index in [0.717, 1.165) is 17.3 Å². The number of aliphatic hydroxyl groups is 1. The van der Waals surface area contributed by atoms with E-state index in [1.807, 2.05) is 22.9 Å². The van der Waals surface area contributed by atoms with E-state index in [1.165, 1.54) is 22.7 Å². The Morgan fingerprint density at radius 2 is 1.67 bits per heavy atom. The summed E-state index contributed by atoms with van der Waals surface area (Å²) in [7, 11) is 4.49. The average molecular weight is 408 g/mol. The molecule has 7 heteroatoms. The Kier molecular flexibility index (Phi) is 4.51. The number of ether oxygens (including phenoxy) is 2. The van der Waals surface area contributed by atoms with Crippen LogP contribution in [0.5, 0.6) is 0 Å². The summed E-state index contributed by atoms with van der Waals surface area (Å²) in [6.45, 7) is 0. The molecule has 5 heterocycles. The third kappa shape index (κ3) is 2.71. The topological polar surface area (TPSA) is 59.1 Å². The third-order valence-electron chi connectivity index (χ3n) is 6.36. The van der Waals surface area contributed by atoms with Crippen molar-refractivity contribution in [3.05, 3.63) is 52.2 Å². The summed E-state index contributed by atoms with van der Waals surface area (Å²) in [4.78, 5) is 14.3. The molecular weight excluding hydrogens is 382 g/mol. The quantitative estimate of drug-likeness (QED) is 0.366. The molecule has 3 fully saturated rings. The maximum Gasteiger partial charge on any atom is 0.349 e. The molecule has 1 N–H and O–H groups in total. The van der Waals surface area contributed by atoms with Crippen LogP contribution in [0.15, 0.2) is 35.0 Å². The predicted octanol–water partition coefficient (Wildman–Crippen LogP) is 2.80. The molecule has 3 aliphatic heterocycles. The van der Waals surface area contributed by atoms with E-state index in [4.69, 9.17) is 9.47 Å². The van der Waals surface area contributed by atoms with Gasteiger partial charge in [-0.15, -0.1) is 22.7 Å². The first-order chi connectivity index (χ1) is 12.4. The van der Waals surface area contributed by atoms with Crippen LogP contribution in [0.1, 0.15) is 22.6 Å². The van der Waals surface area contributed by atoms with E-state index in [9.17, 15) is 9.90 Å². The van der Waals surface area contributed by atoms with Crippen molar-refractivity contribution in [1.29, 1.82) is 0 Å². The van der Waals surface area contributed by atoms with Gasteiger partial charge < -0.3 is 26.5 Å². The molecule has 0 saturated carbocycles. The Morgan fingerprint density at radius 3 is 2.11 bits per heavy atom.